The van der Waals surface area contributed by atoms with Crippen LogP contribution < -0.4 is 16.4 Å². The van der Waals surface area contributed by atoms with Crippen LogP contribution in [0.4, 0.5) is 4.79 Å². The van der Waals surface area contributed by atoms with E-state index in [1.54, 1.807) is 6.92 Å². The molecule has 0 saturated heterocycles. The molecule has 4 N–H and O–H groups in total. The number of nitrogens with one attached hydrogen (secondary N) is 2. The van der Waals surface area contributed by atoms with Crippen molar-refractivity contribution in [2.45, 2.75) is 44.8 Å². The van der Waals surface area contributed by atoms with Crippen LogP contribution in [0, 0.1) is 0 Å². The molecular weight excluding hydrogens is 222 g/mol. The molecule has 0 aliphatic heterocycles. The van der Waals surface area contributed by atoms with E-state index in [1.807, 2.05) is 5.32 Å². The maximum Gasteiger partial charge on any atom is 0.318 e. The first kappa shape index (κ1) is 13.9. The largest absolute Gasteiger partial charge is 0.377 e. The number of carbonyl (C=O) groups is 2. The predicted octanol–water partition coefficient (Wildman–Crippen LogP) is 0.119. The summed E-state index contributed by atoms with van der Waals surface area (Å²) in [5.41, 5.74) is 4.85. The Morgan fingerprint density at radius 3 is 2.65 bits per heavy atom. The van der Waals surface area contributed by atoms with Crippen molar-refractivity contribution >= 4 is 11.9 Å². The van der Waals surface area contributed by atoms with E-state index in [0.717, 1.165) is 12.8 Å². The molecule has 0 aromatic rings. The molecule has 1 atom stereocenters. The predicted molar refractivity (Wildman–Crippen MR) is 63.4 cm³/mol. The Morgan fingerprint density at radius 2 is 2.06 bits per heavy atom. The van der Waals surface area contributed by atoms with Crippen molar-refractivity contribution in [3.8, 4) is 0 Å². The highest BCUT2D eigenvalue weighted by Gasteiger charge is 2.16. The van der Waals surface area contributed by atoms with E-state index < -0.39 is 18.0 Å². The maximum atomic E-state index is 11.3. The van der Waals surface area contributed by atoms with Crippen LogP contribution in [0.2, 0.25) is 0 Å². The van der Waals surface area contributed by atoms with E-state index in [0.29, 0.717) is 19.3 Å². The van der Waals surface area contributed by atoms with E-state index in [1.165, 1.54) is 12.8 Å². The zero-order valence-corrected chi connectivity index (χ0v) is 10.2. The normalized spacial score (nSPS) is 17.9. The number of carbonyl (C=O) groups excluding carboxylic acids is 2. The van der Waals surface area contributed by atoms with Crippen molar-refractivity contribution in [3.63, 3.8) is 0 Å². The minimum Gasteiger partial charge on any atom is -0.377 e. The molecule has 0 aromatic heterocycles. The fourth-order valence-electron chi connectivity index (χ4n) is 1.88. The van der Waals surface area contributed by atoms with Gasteiger partial charge in [0.2, 0.25) is 5.91 Å². The first-order chi connectivity index (χ1) is 8.09. The average Bonchev–Trinajstić information content (AvgIpc) is 2.75. The van der Waals surface area contributed by atoms with E-state index in [9.17, 15) is 9.59 Å². The molecule has 0 aromatic carbocycles. The number of urea groups is 1. The number of imide groups is 1. The van der Waals surface area contributed by atoms with Gasteiger partial charge in [0.15, 0.2) is 0 Å². The van der Waals surface area contributed by atoms with E-state index in [4.69, 9.17) is 10.5 Å². The van der Waals surface area contributed by atoms with Gasteiger partial charge in [-0.15, -0.1) is 0 Å². The number of ether oxygens (including phenoxy) is 1. The van der Waals surface area contributed by atoms with Gasteiger partial charge >= 0.3 is 6.03 Å². The molecule has 6 nitrogen and oxygen atoms in total. The molecule has 0 radical (unpaired) electrons. The SMILES string of the molecule is CC(NCCOC1CCCC1)C(=O)NC(N)=O. The smallest absolute Gasteiger partial charge is 0.318 e. The number of primary amides is 1. The van der Waals surface area contributed by atoms with Crippen LogP contribution in [0.3, 0.4) is 0 Å². The van der Waals surface area contributed by atoms with Gasteiger partial charge in [0.1, 0.15) is 0 Å². The van der Waals surface area contributed by atoms with Crippen molar-refractivity contribution in [2.75, 3.05) is 13.2 Å². The quantitative estimate of drug-likeness (QED) is 0.577. The lowest BCUT2D eigenvalue weighted by atomic mass is 10.3. The second kappa shape index (κ2) is 7.24. The lowest BCUT2D eigenvalue weighted by Crippen LogP contribution is -2.47. The standard InChI is InChI=1S/C11H21N3O3/c1-8(10(15)14-11(12)16)13-6-7-17-9-4-2-3-5-9/h8-9,13H,2-7H2,1H3,(H3,12,14,15,16). The molecule has 1 aliphatic carbocycles. The molecule has 0 heterocycles. The molecule has 1 unspecified atom stereocenters. The summed E-state index contributed by atoms with van der Waals surface area (Å²) in [6.45, 7) is 2.84. The summed E-state index contributed by atoms with van der Waals surface area (Å²) in [4.78, 5) is 21.7. The second-order valence-electron chi connectivity index (χ2n) is 4.31. The van der Waals surface area contributed by atoms with Crippen molar-refractivity contribution in [1.29, 1.82) is 0 Å². The van der Waals surface area contributed by atoms with Crippen LogP contribution in [0.1, 0.15) is 32.6 Å². The van der Waals surface area contributed by atoms with E-state index >= 15 is 0 Å². The second-order valence-corrected chi connectivity index (χ2v) is 4.31. The fourth-order valence-corrected chi connectivity index (χ4v) is 1.88. The van der Waals surface area contributed by atoms with Gasteiger partial charge in [-0.2, -0.15) is 0 Å². The Bertz CT molecular complexity index is 265. The summed E-state index contributed by atoms with van der Waals surface area (Å²) >= 11 is 0. The number of amides is 3. The average molecular weight is 243 g/mol. The molecule has 1 saturated carbocycles. The van der Waals surface area contributed by atoms with Gasteiger partial charge in [-0.3, -0.25) is 10.1 Å². The Balaban J connectivity index is 2.04. The van der Waals surface area contributed by atoms with E-state index in [-0.39, 0.29) is 0 Å². The van der Waals surface area contributed by atoms with Crippen LogP contribution in [-0.2, 0) is 9.53 Å². The Kier molecular flexibility index (Phi) is 5.93. The third-order valence-corrected chi connectivity index (χ3v) is 2.85. The molecular formula is C11H21N3O3. The zero-order valence-electron chi connectivity index (χ0n) is 10.2. The first-order valence-corrected chi connectivity index (χ1v) is 6.05. The Hall–Kier alpha value is -1.14. The first-order valence-electron chi connectivity index (χ1n) is 6.05. The molecule has 17 heavy (non-hydrogen) atoms. The van der Waals surface area contributed by atoms with E-state index in [2.05, 4.69) is 5.32 Å². The molecule has 98 valence electrons. The Labute approximate surface area is 101 Å². The molecule has 0 spiro atoms. The van der Waals surface area contributed by atoms with Crippen LogP contribution in [0.5, 0.6) is 0 Å². The third kappa shape index (κ3) is 5.65. The number of rotatable bonds is 6. The third-order valence-electron chi connectivity index (χ3n) is 2.85. The lowest BCUT2D eigenvalue weighted by Gasteiger charge is -2.14. The summed E-state index contributed by atoms with van der Waals surface area (Å²) in [6, 6.07) is -1.28. The maximum absolute atomic E-state index is 11.3. The highest BCUT2D eigenvalue weighted by molar-refractivity contribution is 5.96. The van der Waals surface area contributed by atoms with Gasteiger partial charge in [0.05, 0.1) is 18.8 Å². The van der Waals surface area contributed by atoms with Crippen LogP contribution in [0.15, 0.2) is 0 Å². The van der Waals surface area contributed by atoms with Crippen molar-refractivity contribution in [2.24, 2.45) is 5.73 Å². The zero-order chi connectivity index (χ0) is 12.7. The van der Waals surface area contributed by atoms with Crippen LogP contribution in [0.25, 0.3) is 0 Å². The molecule has 1 aliphatic rings. The van der Waals surface area contributed by atoms with Gasteiger partial charge in [-0.05, 0) is 19.8 Å². The summed E-state index contributed by atoms with van der Waals surface area (Å²) in [5.74, 6) is -0.418. The number of hydrogen-bond acceptors (Lipinski definition) is 4. The van der Waals surface area contributed by atoms with Crippen molar-refractivity contribution in [1.82, 2.24) is 10.6 Å². The van der Waals surface area contributed by atoms with Crippen molar-refractivity contribution < 1.29 is 14.3 Å². The monoisotopic (exact) mass is 243 g/mol. The molecule has 3 amide bonds. The highest BCUT2D eigenvalue weighted by Crippen LogP contribution is 2.20. The summed E-state index contributed by atoms with van der Waals surface area (Å²) < 4.78 is 5.63. The van der Waals surface area contributed by atoms with Crippen molar-refractivity contribution in [3.05, 3.63) is 0 Å². The highest BCUT2D eigenvalue weighted by atomic mass is 16.5. The van der Waals surface area contributed by atoms with Gasteiger partial charge in [-0.25, -0.2) is 4.79 Å². The van der Waals surface area contributed by atoms with Gasteiger partial charge in [0, 0.05) is 6.54 Å². The number of nitrogens with two attached hydrogens (primary N) is 1. The minimum absolute atomic E-state index is 0.381. The van der Waals surface area contributed by atoms with Crippen LogP contribution >= 0.6 is 0 Å². The molecule has 1 fully saturated rings. The summed E-state index contributed by atoms with van der Waals surface area (Å²) in [5, 5.41) is 4.99. The van der Waals surface area contributed by atoms with Gasteiger partial charge in [0.25, 0.3) is 0 Å². The summed E-state index contributed by atoms with van der Waals surface area (Å²) in [6.07, 6.45) is 5.15. The topological polar surface area (TPSA) is 93.4 Å². The van der Waals surface area contributed by atoms with Gasteiger partial charge in [-0.1, -0.05) is 12.8 Å². The van der Waals surface area contributed by atoms with Gasteiger partial charge < -0.3 is 15.8 Å². The minimum atomic E-state index is -0.828. The number of hydrogen-bond donors (Lipinski definition) is 3. The lowest BCUT2D eigenvalue weighted by molar-refractivity contribution is -0.121. The molecule has 1 rings (SSSR count). The van der Waals surface area contributed by atoms with Crippen LogP contribution in [-0.4, -0.2) is 37.2 Å². The molecule has 0 bridgehead atoms. The molecule has 6 heteroatoms. The Morgan fingerprint density at radius 1 is 1.41 bits per heavy atom. The summed E-state index contributed by atoms with van der Waals surface area (Å²) in [7, 11) is 0. The fraction of sp³-hybridized carbons (Fsp3) is 0.818.